The van der Waals surface area contributed by atoms with Crippen molar-refractivity contribution in [3.63, 3.8) is 0 Å². The first-order chi connectivity index (χ1) is 10.7. The second kappa shape index (κ2) is 8.27. The van der Waals surface area contributed by atoms with E-state index in [4.69, 9.17) is 4.74 Å². The minimum atomic E-state index is -1.06. The zero-order chi connectivity index (χ0) is 15.4. The van der Waals surface area contributed by atoms with E-state index in [1.54, 1.807) is 0 Å². The van der Waals surface area contributed by atoms with E-state index in [9.17, 15) is 5.11 Å². The van der Waals surface area contributed by atoms with Gasteiger partial charge in [0.1, 0.15) is 11.7 Å². The van der Waals surface area contributed by atoms with Crippen molar-refractivity contribution >= 4 is 28.3 Å². The molecule has 2 N–H and O–H groups in total. The molecular formula is C18H21BrClNO2. The highest BCUT2D eigenvalue weighted by Gasteiger charge is 2.40. The second-order valence-electron chi connectivity index (χ2n) is 5.62. The molecule has 0 aromatic heterocycles. The fraction of sp³-hybridized carbons (Fsp3) is 0.333. The lowest BCUT2D eigenvalue weighted by Crippen LogP contribution is -2.52. The van der Waals surface area contributed by atoms with Crippen molar-refractivity contribution in [2.75, 3.05) is 19.7 Å². The molecule has 3 rings (SSSR count). The molecule has 2 aromatic rings. The molecule has 2 atom stereocenters. The van der Waals surface area contributed by atoms with Gasteiger partial charge in [0.25, 0.3) is 0 Å². The van der Waals surface area contributed by atoms with E-state index in [0.29, 0.717) is 19.6 Å². The number of hydrogen-bond donors (Lipinski definition) is 2. The minimum absolute atomic E-state index is 0. The van der Waals surface area contributed by atoms with Gasteiger partial charge in [-0.25, -0.2) is 0 Å². The predicted octanol–water partition coefficient (Wildman–Crippen LogP) is 3.29. The van der Waals surface area contributed by atoms with Gasteiger partial charge < -0.3 is 15.2 Å². The molecule has 1 heterocycles. The Kier molecular flexibility index (Phi) is 6.62. The molecule has 0 spiro atoms. The number of hydrogen-bond acceptors (Lipinski definition) is 3. The quantitative estimate of drug-likeness (QED) is 0.830. The van der Waals surface area contributed by atoms with Gasteiger partial charge in [0.15, 0.2) is 0 Å². The Balaban J connectivity index is 0.00000192. The fourth-order valence-electron chi connectivity index (χ4n) is 2.93. The van der Waals surface area contributed by atoms with Crippen LogP contribution in [-0.4, -0.2) is 30.9 Å². The number of nitrogens with one attached hydrogen (secondary N) is 1. The van der Waals surface area contributed by atoms with E-state index >= 15 is 0 Å². The average molecular weight is 399 g/mol. The number of aliphatic hydroxyl groups is 1. The maximum atomic E-state index is 11.5. The van der Waals surface area contributed by atoms with Gasteiger partial charge in [0.2, 0.25) is 0 Å². The van der Waals surface area contributed by atoms with Gasteiger partial charge in [0, 0.05) is 24.0 Å². The lowest BCUT2D eigenvalue weighted by molar-refractivity contribution is -0.124. The Morgan fingerprint density at radius 3 is 2.48 bits per heavy atom. The first kappa shape index (κ1) is 18.4. The highest BCUT2D eigenvalue weighted by molar-refractivity contribution is 9.10. The van der Waals surface area contributed by atoms with Crippen LogP contribution >= 0.6 is 28.3 Å². The molecule has 0 saturated carbocycles. The number of rotatable bonds is 4. The number of ether oxygens (including phenoxy) is 1. The van der Waals surface area contributed by atoms with Crippen LogP contribution in [0.25, 0.3) is 0 Å². The Labute approximate surface area is 151 Å². The average Bonchev–Trinajstić information content (AvgIpc) is 2.58. The van der Waals surface area contributed by atoms with E-state index in [1.165, 1.54) is 0 Å². The van der Waals surface area contributed by atoms with Gasteiger partial charge in [-0.2, -0.15) is 0 Å². The van der Waals surface area contributed by atoms with E-state index in [0.717, 1.165) is 22.1 Å². The molecule has 1 aliphatic heterocycles. The van der Waals surface area contributed by atoms with Crippen molar-refractivity contribution in [3.8, 4) is 0 Å². The maximum Gasteiger partial charge on any atom is 0.121 e. The molecule has 1 aliphatic rings. The molecule has 0 amide bonds. The van der Waals surface area contributed by atoms with Crippen LogP contribution in [0.2, 0.25) is 0 Å². The minimum Gasteiger partial charge on any atom is -0.382 e. The van der Waals surface area contributed by atoms with Gasteiger partial charge in [-0.15, -0.1) is 12.4 Å². The van der Waals surface area contributed by atoms with Crippen molar-refractivity contribution in [2.24, 2.45) is 0 Å². The third-order valence-electron chi connectivity index (χ3n) is 4.15. The monoisotopic (exact) mass is 397 g/mol. The summed E-state index contributed by atoms with van der Waals surface area (Å²) in [7, 11) is 0. The van der Waals surface area contributed by atoms with E-state index in [1.807, 2.05) is 54.6 Å². The van der Waals surface area contributed by atoms with Crippen molar-refractivity contribution in [1.29, 1.82) is 0 Å². The fourth-order valence-corrected chi connectivity index (χ4v) is 3.36. The third kappa shape index (κ3) is 4.14. The van der Waals surface area contributed by atoms with Crippen LogP contribution in [0, 0.1) is 0 Å². The Morgan fingerprint density at radius 2 is 1.83 bits per heavy atom. The second-order valence-corrected chi connectivity index (χ2v) is 6.48. The predicted molar refractivity (Wildman–Crippen MR) is 98.0 cm³/mol. The number of benzene rings is 2. The summed E-state index contributed by atoms with van der Waals surface area (Å²) in [5, 5.41) is 14.8. The van der Waals surface area contributed by atoms with Crippen LogP contribution < -0.4 is 5.32 Å². The lowest BCUT2D eigenvalue weighted by Gasteiger charge is -2.39. The van der Waals surface area contributed by atoms with Crippen LogP contribution in [0.15, 0.2) is 59.1 Å². The molecule has 2 aromatic carbocycles. The molecule has 5 heteroatoms. The highest BCUT2D eigenvalue weighted by atomic mass is 79.9. The first-order valence-electron chi connectivity index (χ1n) is 7.54. The van der Waals surface area contributed by atoms with E-state index < -0.39 is 5.60 Å². The van der Waals surface area contributed by atoms with Crippen molar-refractivity contribution in [3.05, 3.63) is 70.2 Å². The molecule has 1 fully saturated rings. The number of morpholine rings is 1. The summed E-state index contributed by atoms with van der Waals surface area (Å²) in [6.07, 6.45) is 0.237. The summed E-state index contributed by atoms with van der Waals surface area (Å²) in [6.45, 7) is 2.10. The molecule has 23 heavy (non-hydrogen) atoms. The summed E-state index contributed by atoms with van der Waals surface area (Å²) in [5.74, 6) is 0. The first-order valence-corrected chi connectivity index (χ1v) is 8.33. The highest BCUT2D eigenvalue weighted by Crippen LogP contribution is 2.34. The zero-order valence-electron chi connectivity index (χ0n) is 12.7. The van der Waals surface area contributed by atoms with Gasteiger partial charge in [0.05, 0.1) is 6.61 Å². The van der Waals surface area contributed by atoms with Crippen molar-refractivity contribution in [2.45, 2.75) is 18.1 Å². The third-order valence-corrected chi connectivity index (χ3v) is 4.93. The maximum absolute atomic E-state index is 11.5. The van der Waals surface area contributed by atoms with E-state index in [2.05, 4.69) is 21.2 Å². The van der Waals surface area contributed by atoms with Gasteiger partial charge in [-0.1, -0.05) is 64.5 Å². The summed E-state index contributed by atoms with van der Waals surface area (Å²) in [5.41, 5.74) is 0.904. The van der Waals surface area contributed by atoms with Gasteiger partial charge in [-0.05, 0) is 17.2 Å². The largest absolute Gasteiger partial charge is 0.382 e. The molecule has 3 nitrogen and oxygen atoms in total. The Morgan fingerprint density at radius 1 is 1.13 bits per heavy atom. The summed E-state index contributed by atoms with van der Waals surface area (Å²) >= 11 is 3.58. The van der Waals surface area contributed by atoms with Crippen molar-refractivity contribution in [1.82, 2.24) is 5.32 Å². The van der Waals surface area contributed by atoms with Crippen LogP contribution in [0.1, 0.15) is 11.1 Å². The summed E-state index contributed by atoms with van der Waals surface area (Å²) in [6, 6.07) is 17.8. The Hall–Kier alpha value is -0.910. The molecule has 0 radical (unpaired) electrons. The molecule has 0 unspecified atom stereocenters. The topological polar surface area (TPSA) is 41.5 Å². The van der Waals surface area contributed by atoms with Gasteiger partial charge in [-0.3, -0.25) is 0 Å². The number of halogens is 2. The van der Waals surface area contributed by atoms with Crippen LogP contribution in [-0.2, 0) is 16.8 Å². The molecule has 0 aliphatic carbocycles. The lowest BCUT2D eigenvalue weighted by atomic mass is 9.82. The molecule has 124 valence electrons. The standard InChI is InChI=1S/C18H20BrNO2.ClH/c19-16-9-5-4-6-14(16)12-18(21,15-7-2-1-3-8-15)17-13-20-10-11-22-17;/h1-9,17,20-21H,10-13H2;1H/t17-,18-;/m1./s1. The smallest absolute Gasteiger partial charge is 0.121 e. The molecule has 1 saturated heterocycles. The van der Waals surface area contributed by atoms with Crippen LogP contribution in [0.5, 0.6) is 0 Å². The van der Waals surface area contributed by atoms with E-state index in [-0.39, 0.29) is 18.5 Å². The SMILES string of the molecule is Cl.O[C@](Cc1ccccc1Br)(c1ccccc1)[C@H]1CNCCO1. The van der Waals surface area contributed by atoms with Gasteiger partial charge >= 0.3 is 0 Å². The van der Waals surface area contributed by atoms with Crippen LogP contribution in [0.4, 0.5) is 0 Å². The molecular weight excluding hydrogens is 378 g/mol. The zero-order valence-corrected chi connectivity index (χ0v) is 15.1. The van der Waals surface area contributed by atoms with Crippen LogP contribution in [0.3, 0.4) is 0 Å². The molecule has 0 bridgehead atoms. The van der Waals surface area contributed by atoms with Crippen molar-refractivity contribution < 1.29 is 9.84 Å². The summed E-state index contributed by atoms with van der Waals surface area (Å²) in [4.78, 5) is 0. The normalized spacial score (nSPS) is 20.3. The summed E-state index contributed by atoms with van der Waals surface area (Å²) < 4.78 is 6.89. The Bertz CT molecular complexity index is 619.